The molecule has 0 aliphatic heterocycles. The molecule has 1 fully saturated rings. The fraction of sp³-hybridized carbons (Fsp3) is 0.556. The zero-order valence-corrected chi connectivity index (χ0v) is 8.36. The number of carbonyl (C=O) groups excluding carboxylic acids is 1. The summed E-state index contributed by atoms with van der Waals surface area (Å²) in [5.74, 6) is 0.719. The van der Waals surface area contributed by atoms with Gasteiger partial charge in [0.15, 0.2) is 0 Å². The molecule has 1 N–H and O–H groups in total. The average molecular weight is 196 g/mol. The van der Waals surface area contributed by atoms with Gasteiger partial charge in [-0.3, -0.25) is 4.79 Å². The third-order valence-corrected chi connectivity index (χ3v) is 3.07. The largest absolute Gasteiger partial charge is 0.351 e. The highest BCUT2D eigenvalue weighted by Gasteiger charge is 2.26. The van der Waals surface area contributed by atoms with E-state index in [9.17, 15) is 4.79 Å². The van der Waals surface area contributed by atoms with Gasteiger partial charge in [0.05, 0.1) is 17.2 Å². The van der Waals surface area contributed by atoms with Gasteiger partial charge < -0.3 is 5.32 Å². The molecule has 1 saturated carbocycles. The summed E-state index contributed by atoms with van der Waals surface area (Å²) in [7, 11) is 0. The average Bonchev–Trinajstić information content (AvgIpc) is 2.83. The second-order valence-corrected chi connectivity index (χ2v) is 4.25. The lowest BCUT2D eigenvalue weighted by Gasteiger charge is -1.96. The number of nitrogens with one attached hydrogen (secondary N) is 1. The van der Waals surface area contributed by atoms with Crippen LogP contribution in [0.4, 0.5) is 0 Å². The minimum Gasteiger partial charge on any atom is -0.351 e. The lowest BCUT2D eigenvalue weighted by Crippen LogP contribution is -2.19. The van der Waals surface area contributed by atoms with Gasteiger partial charge >= 0.3 is 0 Å². The zero-order chi connectivity index (χ0) is 9.26. The van der Waals surface area contributed by atoms with Crippen LogP contribution < -0.4 is 5.32 Å². The van der Waals surface area contributed by atoms with E-state index < -0.39 is 0 Å². The van der Waals surface area contributed by atoms with Gasteiger partial charge in [-0.1, -0.05) is 0 Å². The van der Waals surface area contributed by atoms with Gasteiger partial charge in [0.1, 0.15) is 0 Å². The van der Waals surface area contributed by atoms with Gasteiger partial charge in [0.2, 0.25) is 5.91 Å². The van der Waals surface area contributed by atoms with E-state index in [1.54, 1.807) is 11.3 Å². The predicted octanol–water partition coefficient (Wildman–Crippen LogP) is 1.66. The van der Waals surface area contributed by atoms with Gasteiger partial charge in [-0.05, 0) is 12.8 Å². The molecule has 0 bridgehead atoms. The van der Waals surface area contributed by atoms with Crippen molar-refractivity contribution >= 4 is 17.2 Å². The highest BCUT2D eigenvalue weighted by atomic mass is 32.1. The molecule has 1 aromatic heterocycles. The molecule has 0 spiro atoms. The summed E-state index contributed by atoms with van der Waals surface area (Å²) >= 11 is 1.71. The molecular weight excluding hydrogens is 184 g/mol. The fourth-order valence-electron chi connectivity index (χ4n) is 1.14. The summed E-state index contributed by atoms with van der Waals surface area (Å²) < 4.78 is 0. The molecule has 2 rings (SSSR count). The van der Waals surface area contributed by atoms with Crippen LogP contribution in [0.15, 0.2) is 5.38 Å². The van der Waals surface area contributed by atoms with Crippen LogP contribution in [-0.2, 0) is 11.3 Å². The molecule has 3 nitrogen and oxygen atoms in total. The van der Waals surface area contributed by atoms with Gasteiger partial charge in [-0.2, -0.15) is 0 Å². The number of thiazole rings is 1. The maximum Gasteiger partial charge on any atom is 0.217 e. The van der Waals surface area contributed by atoms with Crippen LogP contribution in [-0.4, -0.2) is 10.9 Å². The Hall–Kier alpha value is -0.900. The molecule has 0 atom stereocenters. The van der Waals surface area contributed by atoms with Crippen molar-refractivity contribution in [3.63, 3.8) is 0 Å². The Bertz CT molecular complexity index is 317. The van der Waals surface area contributed by atoms with Crippen molar-refractivity contribution in [2.45, 2.75) is 32.2 Å². The van der Waals surface area contributed by atoms with Crippen molar-refractivity contribution in [1.29, 1.82) is 0 Å². The van der Waals surface area contributed by atoms with Crippen LogP contribution in [0.1, 0.15) is 36.4 Å². The Morgan fingerprint density at radius 2 is 2.54 bits per heavy atom. The van der Waals surface area contributed by atoms with Gasteiger partial charge in [0, 0.05) is 18.2 Å². The van der Waals surface area contributed by atoms with Crippen LogP contribution in [0, 0.1) is 0 Å². The Labute approximate surface area is 81.2 Å². The van der Waals surface area contributed by atoms with E-state index in [-0.39, 0.29) is 5.91 Å². The van der Waals surface area contributed by atoms with E-state index in [0.717, 1.165) is 11.6 Å². The number of nitrogens with zero attached hydrogens (tertiary/aromatic N) is 1. The molecule has 70 valence electrons. The Balaban J connectivity index is 1.92. The van der Waals surface area contributed by atoms with Crippen LogP contribution in [0.2, 0.25) is 0 Å². The number of hydrogen-bond acceptors (Lipinski definition) is 3. The lowest BCUT2D eigenvalue weighted by atomic mass is 10.4. The molecule has 0 radical (unpaired) electrons. The van der Waals surface area contributed by atoms with Crippen molar-refractivity contribution in [2.24, 2.45) is 0 Å². The summed E-state index contributed by atoms with van der Waals surface area (Å²) in [6.07, 6.45) is 2.57. The Morgan fingerprint density at radius 1 is 1.77 bits per heavy atom. The minimum atomic E-state index is 0.000900. The first-order valence-corrected chi connectivity index (χ1v) is 5.32. The summed E-state index contributed by atoms with van der Waals surface area (Å²) in [4.78, 5) is 15.1. The maximum atomic E-state index is 10.6. The Morgan fingerprint density at radius 3 is 3.15 bits per heavy atom. The van der Waals surface area contributed by atoms with Crippen LogP contribution in [0.5, 0.6) is 0 Å². The summed E-state index contributed by atoms with van der Waals surface area (Å²) in [6, 6.07) is 0. The summed E-state index contributed by atoms with van der Waals surface area (Å²) in [5.41, 5.74) is 0.988. The molecule has 1 aromatic rings. The van der Waals surface area contributed by atoms with E-state index in [0.29, 0.717) is 6.54 Å². The number of rotatable bonds is 3. The zero-order valence-electron chi connectivity index (χ0n) is 7.54. The fourth-order valence-corrected chi connectivity index (χ4v) is 2.13. The third kappa shape index (κ3) is 2.28. The Kier molecular flexibility index (Phi) is 2.31. The smallest absolute Gasteiger partial charge is 0.217 e. The van der Waals surface area contributed by atoms with Gasteiger partial charge in [-0.25, -0.2) is 4.98 Å². The maximum absolute atomic E-state index is 10.6. The number of aromatic nitrogens is 1. The van der Waals surface area contributed by atoms with E-state index >= 15 is 0 Å². The topological polar surface area (TPSA) is 42.0 Å². The minimum absolute atomic E-state index is 0.000900. The van der Waals surface area contributed by atoms with E-state index in [1.807, 2.05) is 5.38 Å². The molecule has 0 aromatic carbocycles. The molecule has 4 heteroatoms. The van der Waals surface area contributed by atoms with Crippen molar-refractivity contribution in [2.75, 3.05) is 0 Å². The van der Waals surface area contributed by atoms with Crippen molar-refractivity contribution < 1.29 is 4.79 Å². The monoisotopic (exact) mass is 196 g/mol. The normalized spacial score (nSPS) is 15.8. The summed E-state index contributed by atoms with van der Waals surface area (Å²) in [6.45, 7) is 2.09. The first-order chi connectivity index (χ1) is 6.25. The van der Waals surface area contributed by atoms with Crippen LogP contribution in [0.25, 0.3) is 0 Å². The molecule has 13 heavy (non-hydrogen) atoms. The van der Waals surface area contributed by atoms with Crippen molar-refractivity contribution in [3.8, 4) is 0 Å². The van der Waals surface area contributed by atoms with E-state index in [2.05, 4.69) is 10.3 Å². The third-order valence-electron chi connectivity index (χ3n) is 2.01. The van der Waals surface area contributed by atoms with E-state index in [4.69, 9.17) is 0 Å². The number of amides is 1. The molecular formula is C9H12N2OS. The number of hydrogen-bond donors (Lipinski definition) is 1. The molecule has 1 aliphatic rings. The van der Waals surface area contributed by atoms with Crippen LogP contribution >= 0.6 is 11.3 Å². The van der Waals surface area contributed by atoms with Crippen molar-refractivity contribution in [1.82, 2.24) is 10.3 Å². The molecule has 1 aliphatic carbocycles. The first-order valence-electron chi connectivity index (χ1n) is 4.44. The highest BCUT2D eigenvalue weighted by Crippen LogP contribution is 2.41. The summed E-state index contributed by atoms with van der Waals surface area (Å²) in [5, 5.41) is 6.01. The van der Waals surface area contributed by atoms with Gasteiger partial charge in [-0.15, -0.1) is 11.3 Å². The second-order valence-electron chi connectivity index (χ2n) is 3.36. The molecule has 0 saturated heterocycles. The first kappa shape index (κ1) is 8.69. The van der Waals surface area contributed by atoms with Crippen molar-refractivity contribution in [3.05, 3.63) is 16.1 Å². The standard InChI is InChI=1S/C9H12N2OS/c1-6(12)10-4-8-5-13-9(11-8)7-2-3-7/h5,7H,2-4H2,1H3,(H,10,12). The molecule has 1 heterocycles. The van der Waals surface area contributed by atoms with Crippen LogP contribution in [0.3, 0.4) is 0 Å². The molecule has 0 unspecified atom stereocenters. The number of carbonyl (C=O) groups is 1. The lowest BCUT2D eigenvalue weighted by molar-refractivity contribution is -0.119. The van der Waals surface area contributed by atoms with E-state index in [1.165, 1.54) is 24.8 Å². The predicted molar refractivity (Wildman–Crippen MR) is 51.6 cm³/mol. The highest BCUT2D eigenvalue weighted by molar-refractivity contribution is 7.09. The van der Waals surface area contributed by atoms with Gasteiger partial charge in [0.25, 0.3) is 0 Å². The second kappa shape index (κ2) is 3.46. The molecule has 1 amide bonds. The quantitative estimate of drug-likeness (QED) is 0.798. The SMILES string of the molecule is CC(=O)NCc1csc(C2CC2)n1.